The Morgan fingerprint density at radius 2 is 1.97 bits per heavy atom. The molecule has 0 spiro atoms. The topological polar surface area (TPSA) is 90.9 Å². The van der Waals surface area contributed by atoms with E-state index in [1.807, 2.05) is 66.9 Å². The summed E-state index contributed by atoms with van der Waals surface area (Å²) in [6, 6.07) is 15.3. The molecule has 0 radical (unpaired) electrons. The Balaban J connectivity index is 1.85. The van der Waals surface area contributed by atoms with Gasteiger partial charge in [0.1, 0.15) is 11.5 Å². The molecule has 0 saturated heterocycles. The summed E-state index contributed by atoms with van der Waals surface area (Å²) in [5, 5.41) is 3.38. The second-order valence-electron chi connectivity index (χ2n) is 7.56. The molecule has 0 fully saturated rings. The van der Waals surface area contributed by atoms with Gasteiger partial charge in [-0.2, -0.15) is 0 Å². The van der Waals surface area contributed by atoms with Gasteiger partial charge >= 0.3 is 0 Å². The zero-order valence-electron chi connectivity index (χ0n) is 18.4. The van der Waals surface area contributed by atoms with E-state index in [2.05, 4.69) is 10.3 Å². The van der Waals surface area contributed by atoms with Crippen LogP contribution in [0.5, 0.6) is 11.5 Å². The highest BCUT2D eigenvalue weighted by atomic mass is 16.5. The molecule has 2 aromatic heterocycles. The molecule has 32 heavy (non-hydrogen) atoms. The average Bonchev–Trinajstić information content (AvgIpc) is 3.19. The highest BCUT2D eigenvalue weighted by Gasteiger charge is 2.16. The summed E-state index contributed by atoms with van der Waals surface area (Å²) < 4.78 is 13.4. The van der Waals surface area contributed by atoms with Crippen molar-refractivity contribution in [2.24, 2.45) is 5.73 Å². The molecular formula is C25H26N4O3. The number of methoxy groups -OCH3 is 1. The normalized spacial score (nSPS) is 11.0. The molecule has 2 aromatic carbocycles. The molecule has 0 aliphatic heterocycles. The standard InChI is InChI=1S/C25H26N4O3/c1-16-7-4-5-10-23(16)32-18-13-21(27-11-12-31-3)25-28-14-22(29(25)15-18)19-8-6-9-20(17(19)2)24(26)30/h4-10,13-15,27H,11-12H2,1-3H3,(H2,26,30). The van der Waals surface area contributed by atoms with Gasteiger partial charge in [0.2, 0.25) is 5.91 Å². The van der Waals surface area contributed by atoms with Crippen molar-refractivity contribution in [1.82, 2.24) is 9.38 Å². The number of hydrogen-bond donors (Lipinski definition) is 2. The van der Waals surface area contributed by atoms with Crippen molar-refractivity contribution >= 4 is 17.2 Å². The largest absolute Gasteiger partial charge is 0.455 e. The predicted octanol–water partition coefficient (Wildman–Crippen LogP) is 4.57. The Hall–Kier alpha value is -3.84. The van der Waals surface area contributed by atoms with Gasteiger partial charge in [-0.15, -0.1) is 0 Å². The SMILES string of the molecule is COCCNc1cc(Oc2ccccc2C)cn2c(-c3cccc(C(N)=O)c3C)cnc12. The van der Waals surface area contributed by atoms with Gasteiger partial charge in [0, 0.05) is 30.8 Å². The maximum Gasteiger partial charge on any atom is 0.248 e. The highest BCUT2D eigenvalue weighted by molar-refractivity contribution is 5.96. The monoisotopic (exact) mass is 430 g/mol. The van der Waals surface area contributed by atoms with Crippen LogP contribution in [0.15, 0.2) is 60.9 Å². The number of ether oxygens (including phenoxy) is 2. The van der Waals surface area contributed by atoms with Crippen molar-refractivity contribution < 1.29 is 14.3 Å². The van der Waals surface area contributed by atoms with E-state index >= 15 is 0 Å². The van der Waals surface area contributed by atoms with Gasteiger partial charge < -0.3 is 20.5 Å². The van der Waals surface area contributed by atoms with Crippen molar-refractivity contribution in [3.63, 3.8) is 0 Å². The Morgan fingerprint density at radius 1 is 1.16 bits per heavy atom. The van der Waals surface area contributed by atoms with Crippen molar-refractivity contribution in [1.29, 1.82) is 0 Å². The van der Waals surface area contributed by atoms with Crippen molar-refractivity contribution in [2.45, 2.75) is 13.8 Å². The number of imidazole rings is 1. The molecule has 7 heteroatoms. The number of anilines is 1. The van der Waals surface area contributed by atoms with E-state index in [0.717, 1.165) is 39.5 Å². The molecule has 4 aromatic rings. The first-order valence-corrected chi connectivity index (χ1v) is 10.4. The Bertz CT molecular complexity index is 1280. The number of nitrogens with two attached hydrogens (primary N) is 1. The summed E-state index contributed by atoms with van der Waals surface area (Å²) in [5.74, 6) is 0.988. The van der Waals surface area contributed by atoms with Crippen LogP contribution in [0.1, 0.15) is 21.5 Å². The lowest BCUT2D eigenvalue weighted by Crippen LogP contribution is -2.13. The zero-order chi connectivity index (χ0) is 22.7. The molecule has 0 bridgehead atoms. The number of hydrogen-bond acceptors (Lipinski definition) is 5. The fourth-order valence-electron chi connectivity index (χ4n) is 3.71. The summed E-state index contributed by atoms with van der Waals surface area (Å²) in [5.41, 5.74) is 11.2. The molecule has 0 unspecified atom stereocenters. The third-order valence-electron chi connectivity index (χ3n) is 5.40. The van der Waals surface area contributed by atoms with Crippen LogP contribution in [0.2, 0.25) is 0 Å². The number of aromatic nitrogens is 2. The number of amides is 1. The van der Waals surface area contributed by atoms with E-state index in [-0.39, 0.29) is 0 Å². The smallest absolute Gasteiger partial charge is 0.248 e. The number of benzene rings is 2. The molecule has 0 saturated carbocycles. The van der Waals surface area contributed by atoms with Crippen LogP contribution >= 0.6 is 0 Å². The Labute approximate surface area is 186 Å². The van der Waals surface area contributed by atoms with Crippen LogP contribution < -0.4 is 15.8 Å². The molecule has 7 nitrogen and oxygen atoms in total. The van der Waals surface area contributed by atoms with E-state index in [1.54, 1.807) is 19.4 Å². The predicted molar refractivity (Wildman–Crippen MR) is 126 cm³/mol. The summed E-state index contributed by atoms with van der Waals surface area (Å²) in [6.45, 7) is 5.08. The minimum absolute atomic E-state index is 0.455. The minimum atomic E-state index is -0.455. The van der Waals surface area contributed by atoms with E-state index in [9.17, 15) is 4.79 Å². The van der Waals surface area contributed by atoms with Crippen molar-refractivity contribution in [2.75, 3.05) is 25.6 Å². The third-order valence-corrected chi connectivity index (χ3v) is 5.40. The zero-order valence-corrected chi connectivity index (χ0v) is 18.4. The Morgan fingerprint density at radius 3 is 2.72 bits per heavy atom. The summed E-state index contributed by atoms with van der Waals surface area (Å²) >= 11 is 0. The second-order valence-corrected chi connectivity index (χ2v) is 7.56. The molecule has 4 rings (SSSR count). The number of pyridine rings is 1. The molecule has 0 atom stereocenters. The number of aryl methyl sites for hydroxylation is 1. The lowest BCUT2D eigenvalue weighted by molar-refractivity contribution is 0.0999. The summed E-state index contributed by atoms with van der Waals surface area (Å²) in [4.78, 5) is 16.5. The lowest BCUT2D eigenvalue weighted by atomic mass is 10.00. The van der Waals surface area contributed by atoms with Crippen LogP contribution in [-0.2, 0) is 4.74 Å². The maximum atomic E-state index is 11.9. The third kappa shape index (κ3) is 4.15. The fraction of sp³-hybridized carbons (Fsp3) is 0.200. The number of carbonyl (C=O) groups excluding carboxylic acids is 1. The van der Waals surface area contributed by atoms with Gasteiger partial charge in [0.25, 0.3) is 0 Å². The quantitative estimate of drug-likeness (QED) is 0.400. The van der Waals surface area contributed by atoms with Crippen LogP contribution in [0.4, 0.5) is 5.69 Å². The average molecular weight is 431 g/mol. The van der Waals surface area contributed by atoms with Crippen LogP contribution in [0, 0.1) is 13.8 Å². The van der Waals surface area contributed by atoms with Crippen LogP contribution in [-0.4, -0.2) is 35.6 Å². The summed E-state index contributed by atoms with van der Waals surface area (Å²) in [7, 11) is 1.66. The van der Waals surface area contributed by atoms with E-state index in [1.165, 1.54) is 0 Å². The first-order valence-electron chi connectivity index (χ1n) is 10.4. The Kier molecular flexibility index (Phi) is 6.09. The number of para-hydroxylation sites is 1. The maximum absolute atomic E-state index is 11.9. The van der Waals surface area contributed by atoms with Crippen molar-refractivity contribution in [3.8, 4) is 22.8 Å². The molecule has 164 valence electrons. The van der Waals surface area contributed by atoms with Crippen molar-refractivity contribution in [3.05, 3.63) is 77.6 Å². The number of primary amides is 1. The number of rotatable bonds is 8. The highest BCUT2D eigenvalue weighted by Crippen LogP contribution is 2.33. The molecule has 0 aliphatic rings. The van der Waals surface area contributed by atoms with Crippen LogP contribution in [0.25, 0.3) is 16.9 Å². The number of carbonyl (C=O) groups is 1. The lowest BCUT2D eigenvalue weighted by Gasteiger charge is -2.14. The van der Waals surface area contributed by atoms with E-state index in [0.29, 0.717) is 24.5 Å². The van der Waals surface area contributed by atoms with Gasteiger partial charge in [0.05, 0.1) is 30.4 Å². The van der Waals surface area contributed by atoms with Gasteiger partial charge in [-0.3, -0.25) is 9.20 Å². The van der Waals surface area contributed by atoms with Gasteiger partial charge in [-0.25, -0.2) is 4.98 Å². The van der Waals surface area contributed by atoms with Crippen LogP contribution in [0.3, 0.4) is 0 Å². The second kappa shape index (κ2) is 9.11. The molecule has 1 amide bonds. The molecule has 0 aliphatic carbocycles. The van der Waals surface area contributed by atoms with Gasteiger partial charge in [-0.1, -0.05) is 30.3 Å². The minimum Gasteiger partial charge on any atom is -0.455 e. The first-order chi connectivity index (χ1) is 15.5. The first kappa shape index (κ1) is 21.4. The van der Waals surface area contributed by atoms with Gasteiger partial charge in [0.15, 0.2) is 5.65 Å². The fourth-order valence-corrected chi connectivity index (χ4v) is 3.71. The van der Waals surface area contributed by atoms with E-state index < -0.39 is 5.91 Å². The van der Waals surface area contributed by atoms with Gasteiger partial charge in [-0.05, 0) is 37.1 Å². The molecular weight excluding hydrogens is 404 g/mol. The number of nitrogens with one attached hydrogen (secondary N) is 1. The summed E-state index contributed by atoms with van der Waals surface area (Å²) in [6.07, 6.45) is 3.70. The molecule has 3 N–H and O–H groups in total. The van der Waals surface area contributed by atoms with E-state index in [4.69, 9.17) is 15.2 Å². The number of nitrogens with zero attached hydrogens (tertiary/aromatic N) is 2. The number of fused-ring (bicyclic) bond motifs is 1. The molecule has 2 heterocycles.